The fourth-order valence-electron chi connectivity index (χ4n) is 1.97. The van der Waals surface area contributed by atoms with Gasteiger partial charge in [0.05, 0.1) is 6.61 Å². The number of aliphatic hydroxyl groups excluding tert-OH is 2. The maximum Gasteiger partial charge on any atom is 0.347 e. The van der Waals surface area contributed by atoms with Crippen molar-refractivity contribution in [1.29, 1.82) is 0 Å². The summed E-state index contributed by atoms with van der Waals surface area (Å²) in [6.07, 6.45) is -3.23. The van der Waals surface area contributed by atoms with E-state index < -0.39 is 47.8 Å². The lowest BCUT2D eigenvalue weighted by Crippen LogP contribution is -2.45. The molecule has 10 heteroatoms. The van der Waals surface area contributed by atoms with E-state index in [1.807, 2.05) is 4.98 Å². The Morgan fingerprint density at radius 2 is 2.33 bits per heavy atom. The minimum absolute atomic E-state index is 0.596. The first kappa shape index (κ1) is 15.7. The summed E-state index contributed by atoms with van der Waals surface area (Å²) >= 11 is 6.17. The fraction of sp³-hybridized carbons (Fsp3) is 0.545. The van der Waals surface area contributed by atoms with Crippen LogP contribution in [0, 0.1) is 11.8 Å². The van der Waals surface area contributed by atoms with Crippen LogP contribution in [0.5, 0.6) is 0 Å². The van der Waals surface area contributed by atoms with E-state index in [0.717, 1.165) is 6.20 Å². The van der Waals surface area contributed by atoms with Gasteiger partial charge < -0.3 is 14.9 Å². The zero-order chi connectivity index (χ0) is 15.6. The molecule has 3 unspecified atom stereocenters. The molecule has 21 heavy (non-hydrogen) atoms. The number of halogens is 2. The van der Waals surface area contributed by atoms with Crippen LogP contribution in [0.4, 0.5) is 4.39 Å². The molecule has 0 bridgehead atoms. The molecule has 114 valence electrons. The molecular formula is C11H11ClFN3O5. The molecule has 2 rings (SSSR count). The number of aromatic nitrogens is 3. The monoisotopic (exact) mass is 319 g/mol. The molecule has 8 nitrogen and oxygen atoms in total. The number of aliphatic hydroxyl groups is 2. The van der Waals surface area contributed by atoms with Gasteiger partial charge in [0.15, 0.2) is 11.1 Å². The first-order valence-electron chi connectivity index (χ1n) is 5.81. The van der Waals surface area contributed by atoms with Crippen LogP contribution < -0.4 is 11.2 Å². The van der Waals surface area contributed by atoms with Crippen LogP contribution in [0.2, 0.25) is 0 Å². The zero-order valence-corrected chi connectivity index (χ0v) is 11.2. The maximum atomic E-state index is 12.2. The zero-order valence-electron chi connectivity index (χ0n) is 10.5. The molecule has 1 aromatic heterocycles. The average molecular weight is 320 g/mol. The van der Waals surface area contributed by atoms with Gasteiger partial charge in [0, 0.05) is 0 Å². The number of hydrogen-bond donors (Lipinski definition) is 3. The molecule has 1 aliphatic heterocycles. The molecule has 1 fully saturated rings. The first-order valence-corrected chi connectivity index (χ1v) is 6.19. The summed E-state index contributed by atoms with van der Waals surface area (Å²) in [4.78, 5) is 22.8. The highest BCUT2D eigenvalue weighted by atomic mass is 35.5. The fourth-order valence-corrected chi connectivity index (χ4v) is 2.32. The number of aromatic amines is 1. The lowest BCUT2D eigenvalue weighted by atomic mass is 9.99. The minimum Gasteiger partial charge on any atom is -0.394 e. The normalized spacial score (nSPS) is 31.7. The number of rotatable bonds is 2. The van der Waals surface area contributed by atoms with Crippen LogP contribution in [0.15, 0.2) is 15.8 Å². The molecule has 0 spiro atoms. The van der Waals surface area contributed by atoms with E-state index in [4.69, 9.17) is 21.4 Å². The second kappa shape index (κ2) is 5.95. The number of nitrogens with one attached hydrogen (secondary N) is 1. The van der Waals surface area contributed by atoms with Crippen LogP contribution in [0.1, 0.15) is 6.23 Å². The van der Waals surface area contributed by atoms with Gasteiger partial charge in [-0.3, -0.25) is 9.78 Å². The van der Waals surface area contributed by atoms with Crippen molar-refractivity contribution in [3.05, 3.63) is 27.0 Å². The highest BCUT2D eigenvalue weighted by Gasteiger charge is 2.56. The molecule has 1 saturated heterocycles. The van der Waals surface area contributed by atoms with E-state index in [9.17, 15) is 19.1 Å². The lowest BCUT2D eigenvalue weighted by Gasteiger charge is -2.24. The Hall–Kier alpha value is -1.73. The molecule has 3 N–H and O–H groups in total. The number of nitrogens with zero attached hydrogens (tertiary/aromatic N) is 2. The molecule has 0 aliphatic carbocycles. The van der Waals surface area contributed by atoms with E-state index in [-0.39, 0.29) is 0 Å². The number of ether oxygens (including phenoxy) is 1. The van der Waals surface area contributed by atoms with Crippen LogP contribution in [0.25, 0.3) is 0 Å². The topological polar surface area (TPSA) is 117 Å². The van der Waals surface area contributed by atoms with Crippen molar-refractivity contribution < 1.29 is 19.3 Å². The van der Waals surface area contributed by atoms with Crippen molar-refractivity contribution in [3.8, 4) is 11.8 Å². The summed E-state index contributed by atoms with van der Waals surface area (Å²) in [5.74, 6) is 4.33. The van der Waals surface area contributed by atoms with Crippen molar-refractivity contribution >= 4 is 11.6 Å². The van der Waals surface area contributed by atoms with Crippen LogP contribution in [-0.2, 0) is 4.74 Å². The standard InChI is InChI=1S/C11H11ClFN3O5/c12-11(2-1-3-13)8(19)6(5-17)21-9(11)16-10(20)15-7(18)4-14-16/h4,6,8-9,17,19H,3,5H2,(H,15,18,20)/t6?,8-,9?,11?/m0/s1. The summed E-state index contributed by atoms with van der Waals surface area (Å²) < 4.78 is 18.2. The van der Waals surface area contributed by atoms with Crippen LogP contribution in [0.3, 0.4) is 0 Å². The minimum atomic E-state index is -1.89. The smallest absolute Gasteiger partial charge is 0.347 e. The molecule has 4 atom stereocenters. The Morgan fingerprint density at radius 1 is 1.62 bits per heavy atom. The molecule has 0 amide bonds. The number of H-pyrrole nitrogens is 1. The maximum absolute atomic E-state index is 12.2. The summed E-state index contributed by atoms with van der Waals surface area (Å²) in [6.45, 7) is -1.62. The quantitative estimate of drug-likeness (QED) is 0.434. The Kier molecular flexibility index (Phi) is 4.43. The summed E-state index contributed by atoms with van der Waals surface area (Å²) in [6, 6.07) is 0. The lowest BCUT2D eigenvalue weighted by molar-refractivity contribution is -0.0514. The third-order valence-corrected chi connectivity index (χ3v) is 3.44. The van der Waals surface area contributed by atoms with Crippen molar-refractivity contribution in [3.63, 3.8) is 0 Å². The summed E-state index contributed by atoms with van der Waals surface area (Å²) in [7, 11) is 0. The SMILES string of the molecule is O=c1cnn(C2OC(CO)[C@H](O)C2(Cl)C#CCF)c(=O)[nH]1. The van der Waals surface area contributed by atoms with Gasteiger partial charge in [0.2, 0.25) is 0 Å². The predicted molar refractivity (Wildman–Crippen MR) is 68.5 cm³/mol. The third kappa shape index (κ3) is 2.71. The van der Waals surface area contributed by atoms with Gasteiger partial charge in [-0.05, 0) is 0 Å². The van der Waals surface area contributed by atoms with Crippen molar-refractivity contribution in [2.75, 3.05) is 13.3 Å². The van der Waals surface area contributed by atoms with Gasteiger partial charge in [-0.25, -0.2) is 9.18 Å². The van der Waals surface area contributed by atoms with E-state index in [1.54, 1.807) is 0 Å². The Bertz CT molecular complexity index is 695. The van der Waals surface area contributed by atoms with E-state index in [2.05, 4.69) is 16.9 Å². The number of alkyl halides is 2. The summed E-state index contributed by atoms with van der Waals surface area (Å²) in [5.41, 5.74) is -1.67. The number of hydrogen-bond acceptors (Lipinski definition) is 6. The second-order valence-electron chi connectivity index (χ2n) is 4.24. The largest absolute Gasteiger partial charge is 0.394 e. The highest BCUT2D eigenvalue weighted by Crippen LogP contribution is 2.42. The average Bonchev–Trinajstić information content (AvgIpc) is 2.70. The Balaban J connectivity index is 2.53. The van der Waals surface area contributed by atoms with E-state index in [0.29, 0.717) is 4.68 Å². The van der Waals surface area contributed by atoms with Crippen molar-refractivity contribution in [1.82, 2.24) is 14.8 Å². The Morgan fingerprint density at radius 3 is 2.90 bits per heavy atom. The Labute approximate surface area is 122 Å². The molecule has 1 aliphatic rings. The molecule has 1 aromatic rings. The molecule has 0 radical (unpaired) electrons. The van der Waals surface area contributed by atoms with Crippen molar-refractivity contribution in [2.45, 2.75) is 23.3 Å². The van der Waals surface area contributed by atoms with Crippen LogP contribution >= 0.6 is 11.6 Å². The van der Waals surface area contributed by atoms with Gasteiger partial charge in [-0.2, -0.15) is 9.78 Å². The second-order valence-corrected chi connectivity index (χ2v) is 4.87. The highest BCUT2D eigenvalue weighted by molar-refractivity contribution is 6.27. The third-order valence-electron chi connectivity index (χ3n) is 2.93. The van der Waals surface area contributed by atoms with Gasteiger partial charge >= 0.3 is 5.69 Å². The molecule has 0 saturated carbocycles. The first-order chi connectivity index (χ1) is 9.93. The molecular weight excluding hydrogens is 309 g/mol. The van der Waals surface area contributed by atoms with Gasteiger partial charge in [-0.1, -0.05) is 23.4 Å². The molecule has 0 aromatic carbocycles. The van der Waals surface area contributed by atoms with Gasteiger partial charge in [0.25, 0.3) is 5.56 Å². The van der Waals surface area contributed by atoms with Crippen LogP contribution in [-0.4, -0.2) is 55.3 Å². The summed E-state index contributed by atoms with van der Waals surface area (Å²) in [5, 5.41) is 22.8. The van der Waals surface area contributed by atoms with Gasteiger partial charge in [-0.15, -0.1) is 0 Å². The van der Waals surface area contributed by atoms with E-state index >= 15 is 0 Å². The van der Waals surface area contributed by atoms with Gasteiger partial charge in [0.1, 0.15) is 25.1 Å². The molecule has 2 heterocycles. The van der Waals surface area contributed by atoms with Crippen molar-refractivity contribution in [2.24, 2.45) is 0 Å². The predicted octanol–water partition coefficient (Wildman–Crippen LogP) is -1.87. The van der Waals surface area contributed by atoms with E-state index in [1.165, 1.54) is 0 Å².